The number of carbonyl (C=O) groups is 2. The van der Waals surface area contributed by atoms with Gasteiger partial charge in [0, 0.05) is 31.7 Å². The molecule has 0 aromatic carbocycles. The first-order valence-corrected chi connectivity index (χ1v) is 9.14. The summed E-state index contributed by atoms with van der Waals surface area (Å²) in [7, 11) is 0. The molecule has 0 saturated carbocycles. The fourth-order valence-electron chi connectivity index (χ4n) is 2.15. The van der Waals surface area contributed by atoms with Gasteiger partial charge in [0.25, 0.3) is 0 Å². The molecule has 6 heteroatoms. The molecule has 0 aliphatic carbocycles. The van der Waals surface area contributed by atoms with E-state index in [2.05, 4.69) is 19.2 Å². The van der Waals surface area contributed by atoms with Crippen molar-refractivity contribution in [2.75, 3.05) is 18.8 Å². The minimum atomic E-state index is 0.0470. The van der Waals surface area contributed by atoms with Crippen molar-refractivity contribution in [1.29, 1.82) is 0 Å². The second-order valence-electron chi connectivity index (χ2n) is 5.75. The highest BCUT2D eigenvalue weighted by Gasteiger charge is 2.23. The lowest BCUT2D eigenvalue weighted by Gasteiger charge is -2.14. The lowest BCUT2D eigenvalue weighted by atomic mass is 10.1. The standard InChI is InChI=1S/C15H26N2O2S2/c1-12(2)6-3-4-9-16-13(18)7-5-8-14(19)17-10-11-21-15(17)20/h12H,3-11H2,1-2H3,(H,16,18). The zero-order valence-electron chi connectivity index (χ0n) is 13.0. The Morgan fingerprint density at radius 2 is 2.05 bits per heavy atom. The van der Waals surface area contributed by atoms with Gasteiger partial charge in [-0.15, -0.1) is 0 Å². The molecule has 1 aliphatic rings. The minimum Gasteiger partial charge on any atom is -0.356 e. The zero-order chi connectivity index (χ0) is 15.7. The number of thioether (sulfide) groups is 1. The van der Waals surface area contributed by atoms with Crippen molar-refractivity contribution in [3.8, 4) is 0 Å². The molecule has 2 amide bonds. The summed E-state index contributed by atoms with van der Waals surface area (Å²) in [5, 5.41) is 2.91. The van der Waals surface area contributed by atoms with Crippen LogP contribution in [0.25, 0.3) is 0 Å². The third-order valence-corrected chi connectivity index (χ3v) is 4.81. The maximum absolute atomic E-state index is 11.9. The SMILES string of the molecule is CC(C)CCCCNC(=O)CCCC(=O)N1CCSC1=S. The Hall–Kier alpha value is -0.620. The van der Waals surface area contributed by atoms with Crippen LogP contribution in [0.2, 0.25) is 0 Å². The van der Waals surface area contributed by atoms with Crippen molar-refractivity contribution in [3.05, 3.63) is 0 Å². The average Bonchev–Trinajstić information content (AvgIpc) is 2.84. The van der Waals surface area contributed by atoms with Crippen molar-refractivity contribution in [2.24, 2.45) is 5.92 Å². The molecule has 1 N–H and O–H groups in total. The van der Waals surface area contributed by atoms with Gasteiger partial charge >= 0.3 is 0 Å². The van der Waals surface area contributed by atoms with Crippen molar-refractivity contribution in [3.63, 3.8) is 0 Å². The smallest absolute Gasteiger partial charge is 0.228 e. The Labute approximate surface area is 137 Å². The van der Waals surface area contributed by atoms with Gasteiger partial charge in [0.05, 0.1) is 0 Å². The largest absolute Gasteiger partial charge is 0.356 e. The summed E-state index contributed by atoms with van der Waals surface area (Å²) in [5.74, 6) is 1.71. The maximum Gasteiger partial charge on any atom is 0.228 e. The highest BCUT2D eigenvalue weighted by atomic mass is 32.2. The van der Waals surface area contributed by atoms with Crippen LogP contribution in [0.5, 0.6) is 0 Å². The van der Waals surface area contributed by atoms with Crippen LogP contribution in [0.3, 0.4) is 0 Å². The lowest BCUT2D eigenvalue weighted by molar-refractivity contribution is -0.127. The zero-order valence-corrected chi connectivity index (χ0v) is 14.7. The number of nitrogens with zero attached hydrogens (tertiary/aromatic N) is 1. The summed E-state index contributed by atoms with van der Waals surface area (Å²) in [5.41, 5.74) is 0. The number of nitrogens with one attached hydrogen (secondary N) is 1. The predicted octanol–water partition coefficient (Wildman–Crippen LogP) is 2.96. The third kappa shape index (κ3) is 7.81. The van der Waals surface area contributed by atoms with Crippen LogP contribution >= 0.6 is 24.0 Å². The highest BCUT2D eigenvalue weighted by Crippen LogP contribution is 2.19. The molecule has 0 atom stereocenters. The highest BCUT2D eigenvalue weighted by molar-refractivity contribution is 8.23. The van der Waals surface area contributed by atoms with E-state index < -0.39 is 0 Å². The monoisotopic (exact) mass is 330 g/mol. The lowest BCUT2D eigenvalue weighted by Crippen LogP contribution is -2.31. The summed E-state index contributed by atoms with van der Waals surface area (Å²) in [4.78, 5) is 25.2. The van der Waals surface area contributed by atoms with Crippen molar-refractivity contribution < 1.29 is 9.59 Å². The van der Waals surface area contributed by atoms with E-state index in [1.54, 1.807) is 16.7 Å². The summed E-state index contributed by atoms with van der Waals surface area (Å²) < 4.78 is 0.676. The Morgan fingerprint density at radius 1 is 1.29 bits per heavy atom. The molecule has 120 valence electrons. The molecule has 21 heavy (non-hydrogen) atoms. The van der Waals surface area contributed by atoms with Crippen LogP contribution in [0, 0.1) is 5.92 Å². The third-order valence-electron chi connectivity index (χ3n) is 3.39. The van der Waals surface area contributed by atoms with E-state index in [0.717, 1.165) is 31.1 Å². The van der Waals surface area contributed by atoms with Crippen molar-refractivity contribution >= 4 is 40.1 Å². The summed E-state index contributed by atoms with van der Waals surface area (Å²) in [6.45, 7) is 5.87. The van der Waals surface area contributed by atoms with Gasteiger partial charge in [0.1, 0.15) is 4.32 Å². The first kappa shape index (κ1) is 18.4. The number of thiocarbonyl (C=S) groups is 1. The predicted molar refractivity (Wildman–Crippen MR) is 92.3 cm³/mol. The van der Waals surface area contributed by atoms with Crippen LogP contribution in [-0.4, -0.2) is 39.9 Å². The van der Waals surface area contributed by atoms with Gasteiger partial charge < -0.3 is 5.32 Å². The molecule has 1 fully saturated rings. The maximum atomic E-state index is 11.9. The Morgan fingerprint density at radius 3 is 2.67 bits per heavy atom. The minimum absolute atomic E-state index is 0.0470. The Balaban J connectivity index is 2.02. The second-order valence-corrected chi connectivity index (χ2v) is 7.48. The van der Waals surface area contributed by atoms with Crippen LogP contribution in [-0.2, 0) is 9.59 Å². The van der Waals surface area contributed by atoms with E-state index in [1.807, 2.05) is 0 Å². The number of hydrogen-bond acceptors (Lipinski definition) is 4. The summed E-state index contributed by atoms with van der Waals surface area (Å²) >= 11 is 6.66. The molecule has 0 radical (unpaired) electrons. The van der Waals surface area contributed by atoms with E-state index in [4.69, 9.17) is 12.2 Å². The van der Waals surface area contributed by atoms with E-state index in [-0.39, 0.29) is 11.8 Å². The topological polar surface area (TPSA) is 49.4 Å². The van der Waals surface area contributed by atoms with Crippen molar-refractivity contribution in [2.45, 2.75) is 52.4 Å². The van der Waals surface area contributed by atoms with E-state index in [0.29, 0.717) is 30.1 Å². The van der Waals surface area contributed by atoms with Crippen LogP contribution in [0.1, 0.15) is 52.4 Å². The Kier molecular flexibility index (Phi) is 8.92. The number of amides is 2. The van der Waals surface area contributed by atoms with E-state index >= 15 is 0 Å². The van der Waals surface area contributed by atoms with Gasteiger partial charge in [-0.3, -0.25) is 14.5 Å². The van der Waals surface area contributed by atoms with Gasteiger partial charge in [-0.25, -0.2) is 0 Å². The molecule has 4 nitrogen and oxygen atoms in total. The normalized spacial score (nSPS) is 14.8. The number of hydrogen-bond donors (Lipinski definition) is 1. The number of unbranched alkanes of at least 4 members (excludes halogenated alkanes) is 1. The molecule has 0 aromatic heterocycles. The molecule has 0 bridgehead atoms. The van der Waals surface area contributed by atoms with Crippen LogP contribution in [0.4, 0.5) is 0 Å². The number of rotatable bonds is 9. The van der Waals surface area contributed by atoms with E-state index in [1.165, 1.54) is 6.42 Å². The summed E-state index contributed by atoms with van der Waals surface area (Å²) in [6, 6.07) is 0. The molecule has 1 saturated heterocycles. The molecular formula is C15H26N2O2S2. The molecule has 0 unspecified atom stereocenters. The summed E-state index contributed by atoms with van der Waals surface area (Å²) in [6.07, 6.45) is 4.81. The molecule has 1 aliphatic heterocycles. The van der Waals surface area contributed by atoms with Crippen molar-refractivity contribution in [1.82, 2.24) is 10.2 Å². The van der Waals surface area contributed by atoms with Gasteiger partial charge in [-0.2, -0.15) is 0 Å². The molecule has 0 spiro atoms. The molecule has 1 heterocycles. The average molecular weight is 331 g/mol. The second kappa shape index (κ2) is 10.2. The van der Waals surface area contributed by atoms with Gasteiger partial charge in [-0.05, 0) is 18.8 Å². The van der Waals surface area contributed by atoms with Gasteiger partial charge in [0.2, 0.25) is 11.8 Å². The molecule has 1 rings (SSSR count). The fourth-order valence-corrected chi connectivity index (χ4v) is 3.39. The quantitative estimate of drug-likeness (QED) is 0.521. The van der Waals surface area contributed by atoms with Gasteiger partial charge in [-0.1, -0.05) is 50.7 Å². The first-order chi connectivity index (χ1) is 10.0. The van der Waals surface area contributed by atoms with Gasteiger partial charge in [0.15, 0.2) is 0 Å². The molecular weight excluding hydrogens is 304 g/mol. The number of carbonyl (C=O) groups excluding carboxylic acids is 2. The van der Waals surface area contributed by atoms with Crippen LogP contribution in [0.15, 0.2) is 0 Å². The first-order valence-electron chi connectivity index (χ1n) is 7.74. The van der Waals surface area contributed by atoms with Crippen LogP contribution < -0.4 is 5.32 Å². The Bertz CT molecular complexity index is 373. The molecule has 0 aromatic rings. The van der Waals surface area contributed by atoms with E-state index in [9.17, 15) is 9.59 Å². The fraction of sp³-hybridized carbons (Fsp3) is 0.800.